The van der Waals surface area contributed by atoms with Gasteiger partial charge in [0.15, 0.2) is 0 Å². The van der Waals surface area contributed by atoms with Crippen LogP contribution < -0.4 is 10.5 Å². The van der Waals surface area contributed by atoms with Crippen molar-refractivity contribution in [1.29, 1.82) is 0 Å². The van der Waals surface area contributed by atoms with E-state index < -0.39 is 10.0 Å². The number of hydrogen-bond donors (Lipinski definition) is 2. The standard InChI is InChI=1S/C11H16N2O2S2/c1-8-5-3-4-6-10(8)9(2)13-17(14,15)7-11(12)16/h3-6,9,13H,7H2,1-2H3,(H2,12,16). The van der Waals surface area contributed by atoms with E-state index in [0.29, 0.717) is 0 Å². The molecule has 0 fully saturated rings. The minimum Gasteiger partial charge on any atom is -0.392 e. The van der Waals surface area contributed by atoms with Crippen LogP contribution in [-0.4, -0.2) is 19.2 Å². The number of nitrogens with two attached hydrogens (primary N) is 1. The molecule has 4 nitrogen and oxygen atoms in total. The summed E-state index contributed by atoms with van der Waals surface area (Å²) in [6, 6.07) is 7.32. The number of sulfonamides is 1. The molecule has 0 amide bonds. The van der Waals surface area contributed by atoms with Crippen LogP contribution in [0.15, 0.2) is 24.3 Å². The van der Waals surface area contributed by atoms with Crippen LogP contribution in [0, 0.1) is 6.92 Å². The predicted octanol–water partition coefficient (Wildman–Crippen LogP) is 1.26. The van der Waals surface area contributed by atoms with Gasteiger partial charge in [-0.15, -0.1) is 0 Å². The molecule has 0 aliphatic carbocycles. The summed E-state index contributed by atoms with van der Waals surface area (Å²) in [5.74, 6) is -0.321. The Morgan fingerprint density at radius 3 is 2.59 bits per heavy atom. The van der Waals surface area contributed by atoms with E-state index in [1.165, 1.54) is 0 Å². The molecule has 0 bridgehead atoms. The average molecular weight is 272 g/mol. The van der Waals surface area contributed by atoms with Crippen LogP contribution >= 0.6 is 12.2 Å². The lowest BCUT2D eigenvalue weighted by molar-refractivity contribution is 0.570. The molecule has 1 atom stereocenters. The van der Waals surface area contributed by atoms with Crippen LogP contribution in [0.25, 0.3) is 0 Å². The van der Waals surface area contributed by atoms with Crippen molar-refractivity contribution < 1.29 is 8.42 Å². The Balaban J connectivity index is 2.83. The molecule has 0 saturated heterocycles. The Morgan fingerprint density at radius 2 is 2.06 bits per heavy atom. The van der Waals surface area contributed by atoms with Crippen molar-refractivity contribution >= 4 is 27.2 Å². The number of benzene rings is 1. The highest BCUT2D eigenvalue weighted by molar-refractivity contribution is 7.92. The van der Waals surface area contributed by atoms with E-state index in [2.05, 4.69) is 16.9 Å². The van der Waals surface area contributed by atoms with Gasteiger partial charge in [-0.25, -0.2) is 13.1 Å². The molecule has 94 valence electrons. The molecule has 1 aromatic rings. The van der Waals surface area contributed by atoms with E-state index in [1.54, 1.807) is 6.92 Å². The maximum Gasteiger partial charge on any atom is 0.218 e. The molecule has 17 heavy (non-hydrogen) atoms. The first-order valence-corrected chi connectivity index (χ1v) is 7.22. The normalized spacial score (nSPS) is 13.3. The second-order valence-corrected chi connectivity index (χ2v) is 6.20. The van der Waals surface area contributed by atoms with Crippen molar-refractivity contribution in [2.24, 2.45) is 5.73 Å². The van der Waals surface area contributed by atoms with Gasteiger partial charge in [0.05, 0.1) is 4.99 Å². The first-order valence-electron chi connectivity index (χ1n) is 5.15. The van der Waals surface area contributed by atoms with E-state index in [0.717, 1.165) is 11.1 Å². The van der Waals surface area contributed by atoms with Gasteiger partial charge in [-0.05, 0) is 25.0 Å². The quantitative estimate of drug-likeness (QED) is 0.792. The Morgan fingerprint density at radius 1 is 1.47 bits per heavy atom. The Hall–Kier alpha value is -0.980. The van der Waals surface area contributed by atoms with Gasteiger partial charge < -0.3 is 5.73 Å². The fourth-order valence-electron chi connectivity index (χ4n) is 1.63. The van der Waals surface area contributed by atoms with Crippen molar-refractivity contribution in [3.05, 3.63) is 35.4 Å². The topological polar surface area (TPSA) is 72.2 Å². The van der Waals surface area contributed by atoms with Gasteiger partial charge >= 0.3 is 0 Å². The predicted molar refractivity (Wildman–Crippen MR) is 73.3 cm³/mol. The minimum atomic E-state index is -3.46. The smallest absolute Gasteiger partial charge is 0.218 e. The zero-order valence-electron chi connectivity index (χ0n) is 9.80. The molecule has 6 heteroatoms. The molecular weight excluding hydrogens is 256 g/mol. The molecule has 0 aliphatic heterocycles. The lowest BCUT2D eigenvalue weighted by Crippen LogP contribution is -2.34. The highest BCUT2D eigenvalue weighted by Gasteiger charge is 2.17. The van der Waals surface area contributed by atoms with Gasteiger partial charge in [-0.3, -0.25) is 0 Å². The van der Waals surface area contributed by atoms with Crippen LogP contribution in [0.2, 0.25) is 0 Å². The third-order valence-corrected chi connectivity index (χ3v) is 4.07. The van der Waals surface area contributed by atoms with E-state index in [1.807, 2.05) is 31.2 Å². The largest absolute Gasteiger partial charge is 0.392 e. The molecule has 0 heterocycles. The maximum atomic E-state index is 11.7. The second-order valence-electron chi connectivity index (χ2n) is 3.92. The Kier molecular flexibility index (Phi) is 4.62. The molecule has 3 N–H and O–H groups in total. The lowest BCUT2D eigenvalue weighted by atomic mass is 10.0. The summed E-state index contributed by atoms with van der Waals surface area (Å²) >= 11 is 4.60. The van der Waals surface area contributed by atoms with Crippen molar-refractivity contribution in [2.45, 2.75) is 19.9 Å². The van der Waals surface area contributed by atoms with Gasteiger partial charge in [0.2, 0.25) is 10.0 Å². The lowest BCUT2D eigenvalue weighted by Gasteiger charge is -2.16. The van der Waals surface area contributed by atoms with Gasteiger partial charge in [0, 0.05) is 6.04 Å². The molecule has 0 radical (unpaired) electrons. The molecule has 1 aromatic carbocycles. The van der Waals surface area contributed by atoms with Crippen LogP contribution in [-0.2, 0) is 10.0 Å². The summed E-state index contributed by atoms with van der Waals surface area (Å²) in [6.45, 7) is 3.73. The van der Waals surface area contributed by atoms with Crippen molar-refractivity contribution in [3.8, 4) is 0 Å². The molecule has 0 aromatic heterocycles. The summed E-state index contributed by atoms with van der Waals surface area (Å²) in [6.07, 6.45) is 0. The minimum absolute atomic E-state index is 0.0329. The fraction of sp³-hybridized carbons (Fsp3) is 0.364. The van der Waals surface area contributed by atoms with E-state index >= 15 is 0 Å². The van der Waals surface area contributed by atoms with Gasteiger partial charge in [0.1, 0.15) is 5.75 Å². The van der Waals surface area contributed by atoms with Gasteiger partial charge in [-0.2, -0.15) is 0 Å². The third-order valence-electron chi connectivity index (χ3n) is 2.34. The number of nitrogens with one attached hydrogen (secondary N) is 1. The number of rotatable bonds is 5. The second kappa shape index (κ2) is 5.57. The van der Waals surface area contributed by atoms with Crippen molar-refractivity contribution in [2.75, 3.05) is 5.75 Å². The highest BCUT2D eigenvalue weighted by Crippen LogP contribution is 2.17. The first kappa shape index (κ1) is 14.1. The average Bonchev–Trinajstić information content (AvgIpc) is 2.14. The summed E-state index contributed by atoms with van der Waals surface area (Å²) in [5, 5.41) is 0. The van der Waals surface area contributed by atoms with Crippen molar-refractivity contribution in [3.63, 3.8) is 0 Å². The SMILES string of the molecule is Cc1ccccc1C(C)NS(=O)(=O)CC(N)=S. The van der Waals surface area contributed by atoms with Gasteiger partial charge in [0.25, 0.3) is 0 Å². The molecular formula is C11H16N2O2S2. The molecule has 1 rings (SSSR count). The van der Waals surface area contributed by atoms with Crippen LogP contribution in [0.4, 0.5) is 0 Å². The zero-order valence-corrected chi connectivity index (χ0v) is 11.4. The summed E-state index contributed by atoms with van der Waals surface area (Å²) in [7, 11) is -3.46. The Bertz CT molecular complexity index is 512. The van der Waals surface area contributed by atoms with Crippen LogP contribution in [0.5, 0.6) is 0 Å². The maximum absolute atomic E-state index is 11.7. The van der Waals surface area contributed by atoms with E-state index in [-0.39, 0.29) is 16.8 Å². The third kappa shape index (κ3) is 4.41. The number of thiocarbonyl (C=S) groups is 1. The summed E-state index contributed by atoms with van der Waals surface area (Å²) in [4.78, 5) is -0.0329. The van der Waals surface area contributed by atoms with Crippen molar-refractivity contribution in [1.82, 2.24) is 4.72 Å². The molecule has 0 aliphatic rings. The monoisotopic (exact) mass is 272 g/mol. The summed E-state index contributed by atoms with van der Waals surface area (Å²) < 4.78 is 25.9. The molecule has 1 unspecified atom stereocenters. The molecule has 0 saturated carbocycles. The highest BCUT2D eigenvalue weighted by atomic mass is 32.2. The van der Waals surface area contributed by atoms with Crippen LogP contribution in [0.3, 0.4) is 0 Å². The fourth-order valence-corrected chi connectivity index (χ4v) is 3.22. The van der Waals surface area contributed by atoms with E-state index in [9.17, 15) is 8.42 Å². The zero-order chi connectivity index (χ0) is 13.1. The number of aryl methyl sites for hydroxylation is 1. The Labute approximate surface area is 107 Å². The van der Waals surface area contributed by atoms with Crippen LogP contribution in [0.1, 0.15) is 24.1 Å². The molecule has 0 spiro atoms. The first-order chi connectivity index (χ1) is 7.82. The summed E-state index contributed by atoms with van der Waals surface area (Å²) in [5.41, 5.74) is 7.22. The number of hydrogen-bond acceptors (Lipinski definition) is 3. The van der Waals surface area contributed by atoms with E-state index in [4.69, 9.17) is 5.73 Å². The van der Waals surface area contributed by atoms with Gasteiger partial charge in [-0.1, -0.05) is 36.5 Å².